The number of hydrogen-bond donors (Lipinski definition) is 1. The monoisotopic (exact) mass is 271 g/mol. The molecule has 0 radical (unpaired) electrons. The summed E-state index contributed by atoms with van der Waals surface area (Å²) >= 11 is 0. The number of rotatable bonds is 3. The number of nitrogens with one attached hydrogen (secondary N) is 1. The lowest BCUT2D eigenvalue weighted by molar-refractivity contribution is -0.142. The number of carbonyl (C=O) groups is 2. The summed E-state index contributed by atoms with van der Waals surface area (Å²) in [5, 5.41) is 2.90. The van der Waals surface area contributed by atoms with Gasteiger partial charge < -0.3 is 14.8 Å². The van der Waals surface area contributed by atoms with Crippen molar-refractivity contribution >= 4 is 12.1 Å². The third kappa shape index (κ3) is 6.45. The van der Waals surface area contributed by atoms with Crippen molar-refractivity contribution in [2.24, 2.45) is 5.92 Å². The van der Waals surface area contributed by atoms with Crippen LogP contribution in [-0.2, 0) is 14.3 Å². The molecule has 5 heteroatoms. The normalized spacial score (nSPS) is 23.6. The van der Waals surface area contributed by atoms with Crippen LogP contribution in [0.3, 0.4) is 0 Å². The average molecular weight is 271 g/mol. The molecule has 0 saturated heterocycles. The van der Waals surface area contributed by atoms with Crippen LogP contribution in [0.4, 0.5) is 4.79 Å². The second-order valence-corrected chi connectivity index (χ2v) is 6.10. The number of amides is 1. The first-order chi connectivity index (χ1) is 8.78. The van der Waals surface area contributed by atoms with E-state index in [1.807, 2.05) is 20.8 Å². The first kappa shape index (κ1) is 15.8. The summed E-state index contributed by atoms with van der Waals surface area (Å²) < 4.78 is 10.3. The van der Waals surface area contributed by atoms with Gasteiger partial charge >= 0.3 is 12.1 Å². The van der Waals surface area contributed by atoms with Crippen molar-refractivity contribution in [2.45, 2.75) is 65.0 Å². The summed E-state index contributed by atoms with van der Waals surface area (Å²) in [6.45, 7) is 7.28. The molecule has 19 heavy (non-hydrogen) atoms. The van der Waals surface area contributed by atoms with Gasteiger partial charge in [-0.25, -0.2) is 4.79 Å². The maximum absolute atomic E-state index is 11.8. The van der Waals surface area contributed by atoms with Gasteiger partial charge in [-0.2, -0.15) is 0 Å². The predicted octanol–water partition coefficient (Wildman–Crippen LogP) is 2.63. The van der Waals surface area contributed by atoms with Crippen molar-refractivity contribution in [2.75, 3.05) is 6.61 Å². The maximum Gasteiger partial charge on any atom is 0.407 e. The van der Waals surface area contributed by atoms with Crippen molar-refractivity contribution in [1.29, 1.82) is 0 Å². The van der Waals surface area contributed by atoms with Crippen molar-refractivity contribution in [3.8, 4) is 0 Å². The van der Waals surface area contributed by atoms with Crippen LogP contribution in [0.25, 0.3) is 0 Å². The molecule has 1 rings (SSSR count). The van der Waals surface area contributed by atoms with Gasteiger partial charge in [0.1, 0.15) is 5.60 Å². The maximum atomic E-state index is 11.8. The Bertz CT molecular complexity index is 322. The zero-order valence-corrected chi connectivity index (χ0v) is 12.3. The van der Waals surface area contributed by atoms with E-state index in [9.17, 15) is 9.59 Å². The summed E-state index contributed by atoms with van der Waals surface area (Å²) in [6, 6.07) is 0.0305. The Morgan fingerprint density at radius 3 is 2.42 bits per heavy atom. The number of esters is 1. The van der Waals surface area contributed by atoms with E-state index in [-0.39, 0.29) is 17.9 Å². The van der Waals surface area contributed by atoms with Gasteiger partial charge in [-0.05, 0) is 33.6 Å². The molecule has 0 aliphatic heterocycles. The van der Waals surface area contributed by atoms with Gasteiger partial charge in [0.15, 0.2) is 0 Å². The highest BCUT2D eigenvalue weighted by Gasteiger charge is 2.29. The van der Waals surface area contributed by atoms with Gasteiger partial charge in [0.25, 0.3) is 0 Å². The highest BCUT2D eigenvalue weighted by Crippen LogP contribution is 2.25. The molecule has 0 unspecified atom stereocenters. The molecule has 1 amide bonds. The van der Waals surface area contributed by atoms with Crippen LogP contribution in [0, 0.1) is 5.92 Å². The smallest absolute Gasteiger partial charge is 0.407 e. The van der Waals surface area contributed by atoms with Crippen molar-refractivity contribution in [3.05, 3.63) is 0 Å². The van der Waals surface area contributed by atoms with Crippen molar-refractivity contribution in [3.63, 3.8) is 0 Å². The summed E-state index contributed by atoms with van der Waals surface area (Å²) in [7, 11) is 0. The lowest BCUT2D eigenvalue weighted by Crippen LogP contribution is -2.45. The molecule has 0 heterocycles. The Morgan fingerprint density at radius 1 is 1.21 bits per heavy atom. The molecule has 1 N–H and O–H groups in total. The van der Waals surface area contributed by atoms with Crippen molar-refractivity contribution < 1.29 is 19.1 Å². The molecular formula is C14H25NO4. The van der Waals surface area contributed by atoms with Gasteiger partial charge in [-0.3, -0.25) is 4.79 Å². The highest BCUT2D eigenvalue weighted by atomic mass is 16.6. The summed E-state index contributed by atoms with van der Waals surface area (Å²) in [4.78, 5) is 22.6. The highest BCUT2D eigenvalue weighted by molar-refractivity contribution is 5.68. The fourth-order valence-corrected chi connectivity index (χ4v) is 2.28. The van der Waals surface area contributed by atoms with Crippen LogP contribution < -0.4 is 5.32 Å². The Labute approximate surface area is 115 Å². The van der Waals surface area contributed by atoms with E-state index in [2.05, 4.69) is 5.32 Å². The van der Waals surface area contributed by atoms with Crippen LogP contribution in [-0.4, -0.2) is 30.3 Å². The lowest BCUT2D eigenvalue weighted by Gasteiger charge is -2.32. The van der Waals surface area contributed by atoms with E-state index in [4.69, 9.17) is 9.47 Å². The minimum atomic E-state index is -0.496. The Balaban J connectivity index is 2.47. The molecule has 2 atom stereocenters. The molecule has 0 bridgehead atoms. The van der Waals surface area contributed by atoms with E-state index in [0.29, 0.717) is 6.61 Å². The van der Waals surface area contributed by atoms with Gasteiger partial charge in [-0.15, -0.1) is 0 Å². The van der Waals surface area contributed by atoms with Crippen LogP contribution in [0.2, 0.25) is 0 Å². The largest absolute Gasteiger partial charge is 0.465 e. The SMILES string of the molecule is CC(=O)OC[C@H]1CCCC[C@H]1NC(=O)OC(C)(C)C. The number of ether oxygens (including phenoxy) is 2. The number of carbonyl (C=O) groups excluding carboxylic acids is 2. The van der Waals surface area contributed by atoms with Gasteiger partial charge in [-0.1, -0.05) is 12.8 Å². The molecule has 1 fully saturated rings. The molecular weight excluding hydrogens is 246 g/mol. The van der Waals surface area contributed by atoms with Crippen LogP contribution in [0.5, 0.6) is 0 Å². The van der Waals surface area contributed by atoms with Crippen LogP contribution >= 0.6 is 0 Å². The fraction of sp³-hybridized carbons (Fsp3) is 0.857. The number of alkyl carbamates (subject to hydrolysis) is 1. The Kier molecular flexibility index (Phi) is 5.63. The molecule has 0 aromatic rings. The first-order valence-corrected chi connectivity index (χ1v) is 6.91. The molecule has 1 saturated carbocycles. The van der Waals surface area contributed by atoms with Crippen LogP contribution in [0.15, 0.2) is 0 Å². The second kappa shape index (κ2) is 6.78. The molecule has 5 nitrogen and oxygen atoms in total. The fourth-order valence-electron chi connectivity index (χ4n) is 2.28. The standard InChI is InChI=1S/C14H25NO4/c1-10(16)18-9-11-7-5-6-8-12(11)15-13(17)19-14(2,3)4/h11-12H,5-9H2,1-4H3,(H,15,17)/t11-,12-/m1/s1. The lowest BCUT2D eigenvalue weighted by atomic mass is 9.85. The van der Waals surface area contributed by atoms with Gasteiger partial charge in [0, 0.05) is 18.9 Å². The predicted molar refractivity (Wildman–Crippen MR) is 71.7 cm³/mol. The van der Waals surface area contributed by atoms with E-state index < -0.39 is 11.7 Å². The van der Waals surface area contributed by atoms with Gasteiger partial charge in [0.2, 0.25) is 0 Å². The zero-order chi connectivity index (χ0) is 14.5. The Hall–Kier alpha value is -1.26. The molecule has 1 aliphatic rings. The molecule has 0 spiro atoms. The second-order valence-electron chi connectivity index (χ2n) is 6.10. The van der Waals surface area contributed by atoms with E-state index in [0.717, 1.165) is 25.7 Å². The zero-order valence-electron chi connectivity index (χ0n) is 12.3. The number of hydrogen-bond acceptors (Lipinski definition) is 4. The summed E-state index contributed by atoms with van der Waals surface area (Å²) in [6.07, 6.45) is 3.67. The third-order valence-corrected chi connectivity index (χ3v) is 3.11. The topological polar surface area (TPSA) is 64.6 Å². The van der Waals surface area contributed by atoms with Gasteiger partial charge in [0.05, 0.1) is 6.61 Å². The quantitative estimate of drug-likeness (QED) is 0.801. The van der Waals surface area contributed by atoms with Crippen molar-refractivity contribution in [1.82, 2.24) is 5.32 Å². The summed E-state index contributed by atoms with van der Waals surface area (Å²) in [5.41, 5.74) is -0.496. The molecule has 110 valence electrons. The summed E-state index contributed by atoms with van der Waals surface area (Å²) in [5.74, 6) is -0.0910. The molecule has 0 aromatic carbocycles. The Morgan fingerprint density at radius 2 is 1.84 bits per heavy atom. The molecule has 0 aromatic heterocycles. The molecule has 1 aliphatic carbocycles. The minimum absolute atomic E-state index is 0.0305. The van der Waals surface area contributed by atoms with E-state index in [1.54, 1.807) is 0 Å². The average Bonchev–Trinajstić information content (AvgIpc) is 2.25. The van der Waals surface area contributed by atoms with E-state index >= 15 is 0 Å². The van der Waals surface area contributed by atoms with E-state index in [1.165, 1.54) is 6.92 Å². The first-order valence-electron chi connectivity index (χ1n) is 6.91. The third-order valence-electron chi connectivity index (χ3n) is 3.11. The van der Waals surface area contributed by atoms with Crippen LogP contribution in [0.1, 0.15) is 53.4 Å². The minimum Gasteiger partial charge on any atom is -0.465 e.